The maximum absolute atomic E-state index is 12.2. The molecule has 122 valence electrons. The molecule has 0 radical (unpaired) electrons. The molecule has 0 bridgehead atoms. The lowest BCUT2D eigenvalue weighted by atomic mass is 10.2. The van der Waals surface area contributed by atoms with Crippen molar-refractivity contribution in [2.45, 2.75) is 51.8 Å². The Morgan fingerprint density at radius 3 is 2.82 bits per heavy atom. The van der Waals surface area contributed by atoms with Crippen molar-refractivity contribution in [1.82, 2.24) is 25.2 Å². The van der Waals surface area contributed by atoms with Crippen LogP contribution in [-0.2, 0) is 11.3 Å². The van der Waals surface area contributed by atoms with Gasteiger partial charge in [-0.2, -0.15) is 0 Å². The van der Waals surface area contributed by atoms with Gasteiger partial charge in [-0.3, -0.25) is 4.79 Å². The van der Waals surface area contributed by atoms with E-state index in [2.05, 4.69) is 15.6 Å². The molecule has 1 fully saturated rings. The average Bonchev–Trinajstić information content (AvgIpc) is 3.05. The summed E-state index contributed by atoms with van der Waals surface area (Å²) in [5, 5.41) is 10.3. The van der Waals surface area contributed by atoms with E-state index >= 15 is 0 Å². The monoisotopic (exact) mass is 309 g/mol. The minimum atomic E-state index is -0.510. The van der Waals surface area contributed by atoms with Crippen molar-refractivity contribution in [3.8, 4) is 0 Å². The van der Waals surface area contributed by atoms with Crippen LogP contribution in [0.1, 0.15) is 44.1 Å². The van der Waals surface area contributed by atoms with Crippen LogP contribution in [0.15, 0.2) is 6.20 Å². The van der Waals surface area contributed by atoms with Crippen LogP contribution in [0.3, 0.4) is 0 Å². The molecule has 0 aliphatic carbocycles. The summed E-state index contributed by atoms with van der Waals surface area (Å²) in [6, 6.07) is 0.00841. The van der Waals surface area contributed by atoms with E-state index in [-0.39, 0.29) is 23.7 Å². The molecule has 2 rings (SSSR count). The number of likely N-dealkylation sites (tertiary alicyclic amines) is 1. The molecule has 1 aromatic heterocycles. The number of hydrogen-bond acceptors (Lipinski definition) is 5. The van der Waals surface area contributed by atoms with Crippen LogP contribution < -0.4 is 5.32 Å². The van der Waals surface area contributed by atoms with E-state index in [1.807, 2.05) is 20.8 Å². The van der Waals surface area contributed by atoms with Crippen molar-refractivity contribution in [3.05, 3.63) is 11.9 Å². The maximum atomic E-state index is 12.2. The summed E-state index contributed by atoms with van der Waals surface area (Å²) in [4.78, 5) is 25.4. The molecule has 1 aliphatic rings. The van der Waals surface area contributed by atoms with Crippen molar-refractivity contribution in [2.75, 3.05) is 13.6 Å². The number of aromatic nitrogens is 3. The normalized spacial score (nSPS) is 18.4. The van der Waals surface area contributed by atoms with Gasteiger partial charge in [0.2, 0.25) is 0 Å². The van der Waals surface area contributed by atoms with Gasteiger partial charge in [-0.1, -0.05) is 5.21 Å². The zero-order chi connectivity index (χ0) is 16.3. The standard InChI is InChI=1S/C14H23N5O3/c1-14(2,3)22-13(21)19-7-5-6-10(19)8-18-9-11(16-17-18)12(20)15-4/h9-10H,5-8H2,1-4H3,(H,15,20)/t10-/m0/s1. The van der Waals surface area contributed by atoms with Crippen molar-refractivity contribution in [3.63, 3.8) is 0 Å². The Balaban J connectivity index is 2.00. The molecule has 8 heteroatoms. The summed E-state index contributed by atoms with van der Waals surface area (Å²) in [5.74, 6) is -0.276. The largest absolute Gasteiger partial charge is 0.444 e. The fourth-order valence-corrected chi connectivity index (χ4v) is 2.42. The Morgan fingerprint density at radius 2 is 2.18 bits per heavy atom. The van der Waals surface area contributed by atoms with Gasteiger partial charge in [-0.15, -0.1) is 5.10 Å². The molecule has 2 heterocycles. The predicted octanol–water partition coefficient (Wildman–Crippen LogP) is 1.04. The molecule has 22 heavy (non-hydrogen) atoms. The number of ether oxygens (including phenoxy) is 1. The van der Waals surface area contributed by atoms with Crippen LogP contribution in [0.2, 0.25) is 0 Å². The number of carbonyl (C=O) groups is 2. The van der Waals surface area contributed by atoms with Gasteiger partial charge < -0.3 is 15.0 Å². The predicted molar refractivity (Wildman–Crippen MR) is 79.4 cm³/mol. The van der Waals surface area contributed by atoms with E-state index in [1.54, 1.807) is 22.8 Å². The van der Waals surface area contributed by atoms with Crippen molar-refractivity contribution >= 4 is 12.0 Å². The van der Waals surface area contributed by atoms with Crippen LogP contribution in [0, 0.1) is 0 Å². The lowest BCUT2D eigenvalue weighted by molar-refractivity contribution is 0.0211. The SMILES string of the molecule is CNC(=O)c1cn(C[C@@H]2CCCN2C(=O)OC(C)(C)C)nn1. The average molecular weight is 309 g/mol. The van der Waals surface area contributed by atoms with Crippen molar-refractivity contribution in [1.29, 1.82) is 0 Å². The third kappa shape index (κ3) is 3.96. The number of hydrogen-bond donors (Lipinski definition) is 1. The van der Waals surface area contributed by atoms with Crippen LogP contribution in [-0.4, -0.2) is 57.1 Å². The van der Waals surface area contributed by atoms with E-state index in [9.17, 15) is 9.59 Å². The highest BCUT2D eigenvalue weighted by molar-refractivity contribution is 5.91. The molecule has 0 spiro atoms. The highest BCUT2D eigenvalue weighted by atomic mass is 16.6. The first-order valence-electron chi connectivity index (χ1n) is 7.42. The van der Waals surface area contributed by atoms with Gasteiger partial charge in [0.05, 0.1) is 18.8 Å². The molecule has 1 saturated heterocycles. The van der Waals surface area contributed by atoms with Crippen LogP contribution in [0.4, 0.5) is 4.79 Å². The molecular formula is C14H23N5O3. The topological polar surface area (TPSA) is 89.4 Å². The lowest BCUT2D eigenvalue weighted by Gasteiger charge is -2.28. The molecule has 0 saturated carbocycles. The van der Waals surface area contributed by atoms with E-state index < -0.39 is 5.60 Å². The van der Waals surface area contributed by atoms with Crippen LogP contribution in [0.5, 0.6) is 0 Å². The number of nitrogens with zero attached hydrogens (tertiary/aromatic N) is 4. The third-order valence-electron chi connectivity index (χ3n) is 3.40. The lowest BCUT2D eigenvalue weighted by Crippen LogP contribution is -2.41. The summed E-state index contributed by atoms with van der Waals surface area (Å²) >= 11 is 0. The number of amides is 2. The van der Waals surface area contributed by atoms with Gasteiger partial charge in [-0.25, -0.2) is 9.48 Å². The Labute approximate surface area is 129 Å². The molecular weight excluding hydrogens is 286 g/mol. The van der Waals surface area contributed by atoms with E-state index in [1.165, 1.54) is 0 Å². The summed E-state index contributed by atoms with van der Waals surface area (Å²) in [6.07, 6.45) is 3.10. The van der Waals surface area contributed by atoms with Crippen molar-refractivity contribution in [2.24, 2.45) is 0 Å². The molecule has 1 aliphatic heterocycles. The second-order valence-electron chi connectivity index (χ2n) is 6.37. The first kappa shape index (κ1) is 16.3. The van der Waals surface area contributed by atoms with Crippen LogP contribution >= 0.6 is 0 Å². The van der Waals surface area contributed by atoms with Gasteiger partial charge in [0, 0.05) is 13.6 Å². The fraction of sp³-hybridized carbons (Fsp3) is 0.714. The van der Waals surface area contributed by atoms with Crippen LogP contribution in [0.25, 0.3) is 0 Å². The fourth-order valence-electron chi connectivity index (χ4n) is 2.42. The van der Waals surface area contributed by atoms with Gasteiger partial charge in [0.1, 0.15) is 5.60 Å². The van der Waals surface area contributed by atoms with E-state index in [0.29, 0.717) is 13.1 Å². The summed E-state index contributed by atoms with van der Waals surface area (Å²) in [6.45, 7) is 6.73. The van der Waals surface area contributed by atoms with E-state index in [4.69, 9.17) is 4.74 Å². The molecule has 2 amide bonds. The minimum absolute atomic E-state index is 0.00841. The summed E-state index contributed by atoms with van der Waals surface area (Å²) < 4.78 is 7.02. The molecule has 0 aromatic carbocycles. The zero-order valence-corrected chi connectivity index (χ0v) is 13.5. The van der Waals surface area contributed by atoms with Gasteiger partial charge in [0.15, 0.2) is 5.69 Å². The highest BCUT2D eigenvalue weighted by Gasteiger charge is 2.32. The maximum Gasteiger partial charge on any atom is 0.410 e. The van der Waals surface area contributed by atoms with Gasteiger partial charge >= 0.3 is 6.09 Å². The molecule has 0 unspecified atom stereocenters. The Kier molecular flexibility index (Phi) is 4.68. The molecule has 1 aromatic rings. The van der Waals surface area contributed by atoms with E-state index in [0.717, 1.165) is 12.8 Å². The third-order valence-corrected chi connectivity index (χ3v) is 3.40. The first-order valence-corrected chi connectivity index (χ1v) is 7.42. The summed E-state index contributed by atoms with van der Waals surface area (Å²) in [5.41, 5.74) is -0.242. The number of rotatable bonds is 3. The van der Waals surface area contributed by atoms with Crippen molar-refractivity contribution < 1.29 is 14.3 Å². The highest BCUT2D eigenvalue weighted by Crippen LogP contribution is 2.21. The smallest absolute Gasteiger partial charge is 0.410 e. The number of carbonyl (C=O) groups excluding carboxylic acids is 2. The quantitative estimate of drug-likeness (QED) is 0.901. The molecule has 8 nitrogen and oxygen atoms in total. The first-order chi connectivity index (χ1) is 10.3. The second kappa shape index (κ2) is 6.33. The Morgan fingerprint density at radius 1 is 1.45 bits per heavy atom. The van der Waals surface area contributed by atoms with Gasteiger partial charge in [0.25, 0.3) is 5.91 Å². The zero-order valence-electron chi connectivity index (χ0n) is 13.5. The minimum Gasteiger partial charge on any atom is -0.444 e. The summed E-state index contributed by atoms with van der Waals surface area (Å²) in [7, 11) is 1.54. The number of nitrogens with one attached hydrogen (secondary N) is 1. The van der Waals surface area contributed by atoms with Gasteiger partial charge in [-0.05, 0) is 33.6 Å². The Hall–Kier alpha value is -2.12. The molecule has 1 atom stereocenters. The second-order valence-corrected chi connectivity index (χ2v) is 6.37. The molecule has 1 N–H and O–H groups in total. The Bertz CT molecular complexity index is 549.